The Balaban J connectivity index is 1.81. The highest BCUT2D eigenvalue weighted by Crippen LogP contribution is 2.64. The number of unbranched alkanes of at least 4 members (excludes halogenated alkanes) is 1. The molecule has 3 aliphatic heterocycles. The molecule has 3 amide bonds. The maximum Gasteiger partial charge on any atom is 0.248 e. The van der Waals surface area contributed by atoms with E-state index in [1.165, 1.54) is 0 Å². The molecule has 3 heterocycles. The van der Waals surface area contributed by atoms with Crippen LogP contribution in [0.4, 0.5) is 5.69 Å². The molecule has 3 aliphatic rings. The van der Waals surface area contributed by atoms with E-state index in [0.717, 1.165) is 12.8 Å². The lowest BCUT2D eigenvalue weighted by atomic mass is 9.66. The summed E-state index contributed by atoms with van der Waals surface area (Å²) in [5, 5.41) is 10.6. The van der Waals surface area contributed by atoms with Crippen LogP contribution in [0.5, 0.6) is 5.75 Å². The number of aliphatic hydroxyl groups is 1. The topological polar surface area (TPSA) is 99.6 Å². The van der Waals surface area contributed by atoms with E-state index < -0.39 is 35.1 Å². The van der Waals surface area contributed by atoms with Crippen molar-refractivity contribution in [1.29, 1.82) is 0 Å². The first-order valence-corrected chi connectivity index (χ1v) is 16.3. The van der Waals surface area contributed by atoms with Crippen molar-refractivity contribution in [3.05, 3.63) is 49.6 Å². The average Bonchev–Trinajstić information content (AvgIpc) is 3.59. The van der Waals surface area contributed by atoms with Crippen molar-refractivity contribution >= 4 is 23.4 Å². The third-order valence-corrected chi connectivity index (χ3v) is 10.0. The van der Waals surface area contributed by atoms with Crippen molar-refractivity contribution in [2.75, 3.05) is 37.7 Å². The number of ether oxygens (including phenoxy) is 2. The zero-order valence-electron chi connectivity index (χ0n) is 27.2. The lowest BCUT2D eigenvalue weighted by Gasteiger charge is -2.41. The van der Waals surface area contributed by atoms with Crippen LogP contribution in [0, 0.1) is 17.8 Å². The molecule has 0 aliphatic carbocycles. The summed E-state index contributed by atoms with van der Waals surface area (Å²) in [6, 6.07) is 5.78. The van der Waals surface area contributed by atoms with Gasteiger partial charge < -0.3 is 29.3 Å². The van der Waals surface area contributed by atoms with Gasteiger partial charge >= 0.3 is 0 Å². The Hall–Kier alpha value is -3.17. The molecule has 44 heavy (non-hydrogen) atoms. The van der Waals surface area contributed by atoms with Crippen LogP contribution in [0.15, 0.2) is 49.6 Å². The SMILES string of the molecule is C=CCN(CCCC)C(=O)C1N([C@@H](CO)[C@@H](C)CC)C(=O)[C@@H]2[C@@H](C(=O)N(CC=C)c3ccc(OCC)cc3)[C@@]3(C)CCC12O3. The molecule has 2 unspecified atom stereocenters. The summed E-state index contributed by atoms with van der Waals surface area (Å²) in [5.41, 5.74) is -1.43. The molecular weight excluding hydrogens is 558 g/mol. The molecule has 3 saturated heterocycles. The van der Waals surface area contributed by atoms with Crippen molar-refractivity contribution in [2.24, 2.45) is 17.8 Å². The minimum Gasteiger partial charge on any atom is -0.494 e. The number of carbonyl (C=O) groups excluding carboxylic acids is 3. The number of hydrogen-bond acceptors (Lipinski definition) is 6. The standard InChI is InChI=1S/C35H51N3O6/c1-8-13-22-36(20-9-2)33(42)30-35-19-18-34(7,44-35)28(29(35)32(41)38(30)27(23-39)24(6)11-4)31(40)37(21-10-3)25-14-16-26(17-15-25)43-12-5/h9-10,14-17,24,27-30,39H,2-3,8,11-13,18-23H2,1,4-7H3/t24-,27-,28-,29-,30?,34+,35?/m0/s1. The molecule has 2 bridgehead atoms. The number of likely N-dealkylation sites (tertiary alicyclic amines) is 1. The number of anilines is 1. The molecule has 4 rings (SSSR count). The second-order valence-electron chi connectivity index (χ2n) is 12.7. The van der Waals surface area contributed by atoms with E-state index in [9.17, 15) is 19.5 Å². The fourth-order valence-corrected chi connectivity index (χ4v) is 7.67. The zero-order valence-corrected chi connectivity index (χ0v) is 27.2. The van der Waals surface area contributed by atoms with Gasteiger partial charge in [0.15, 0.2) is 0 Å². The number of amides is 3. The summed E-state index contributed by atoms with van der Waals surface area (Å²) in [4.78, 5) is 49.0. The minimum absolute atomic E-state index is 0.0685. The van der Waals surface area contributed by atoms with Crippen LogP contribution < -0.4 is 9.64 Å². The van der Waals surface area contributed by atoms with Gasteiger partial charge in [0.05, 0.1) is 36.7 Å². The second kappa shape index (κ2) is 13.9. The molecule has 7 atom stereocenters. The van der Waals surface area contributed by atoms with Crippen molar-refractivity contribution in [2.45, 2.75) is 90.0 Å². The molecular formula is C35H51N3O6. The number of carbonyl (C=O) groups is 3. The quantitative estimate of drug-likeness (QED) is 0.275. The van der Waals surface area contributed by atoms with Gasteiger partial charge in [0.2, 0.25) is 17.7 Å². The van der Waals surface area contributed by atoms with Gasteiger partial charge in [-0.05, 0) is 63.3 Å². The summed E-state index contributed by atoms with van der Waals surface area (Å²) in [7, 11) is 0. The van der Waals surface area contributed by atoms with E-state index in [4.69, 9.17) is 9.47 Å². The Morgan fingerprint density at radius 1 is 1.14 bits per heavy atom. The average molecular weight is 610 g/mol. The fraction of sp³-hybridized carbons (Fsp3) is 0.629. The van der Waals surface area contributed by atoms with E-state index in [-0.39, 0.29) is 36.8 Å². The second-order valence-corrected chi connectivity index (χ2v) is 12.7. The van der Waals surface area contributed by atoms with Crippen LogP contribution in [0.3, 0.4) is 0 Å². The zero-order chi connectivity index (χ0) is 32.2. The Kier molecular flexibility index (Phi) is 10.6. The number of fused-ring (bicyclic) bond motifs is 1. The Morgan fingerprint density at radius 3 is 2.39 bits per heavy atom. The van der Waals surface area contributed by atoms with Crippen molar-refractivity contribution in [1.82, 2.24) is 9.80 Å². The molecule has 1 spiro atoms. The summed E-state index contributed by atoms with van der Waals surface area (Å²) in [6.45, 7) is 19.0. The molecule has 242 valence electrons. The number of benzene rings is 1. The number of nitrogens with zero attached hydrogens (tertiary/aromatic N) is 3. The van der Waals surface area contributed by atoms with Gasteiger partial charge in [0.1, 0.15) is 17.4 Å². The van der Waals surface area contributed by atoms with Crippen LogP contribution in [0.1, 0.15) is 66.7 Å². The first-order chi connectivity index (χ1) is 21.1. The van der Waals surface area contributed by atoms with Crippen molar-refractivity contribution in [3.8, 4) is 5.75 Å². The van der Waals surface area contributed by atoms with Crippen LogP contribution >= 0.6 is 0 Å². The van der Waals surface area contributed by atoms with Gasteiger partial charge in [0.25, 0.3) is 0 Å². The van der Waals surface area contributed by atoms with E-state index in [2.05, 4.69) is 20.1 Å². The predicted octanol–water partition coefficient (Wildman–Crippen LogP) is 4.59. The molecule has 1 N–H and O–H groups in total. The molecule has 9 heteroatoms. The Labute approximate surface area is 262 Å². The summed E-state index contributed by atoms with van der Waals surface area (Å²) in [5.74, 6) is -1.76. The lowest BCUT2D eigenvalue weighted by molar-refractivity contribution is -0.156. The molecule has 3 fully saturated rings. The molecule has 1 aromatic carbocycles. The van der Waals surface area contributed by atoms with Crippen molar-refractivity contribution in [3.63, 3.8) is 0 Å². The highest BCUT2D eigenvalue weighted by atomic mass is 16.5. The third-order valence-electron chi connectivity index (χ3n) is 10.0. The summed E-state index contributed by atoms with van der Waals surface area (Å²) in [6.07, 6.45) is 6.82. The van der Waals surface area contributed by atoms with Gasteiger partial charge in [-0.15, -0.1) is 13.2 Å². The number of aliphatic hydroxyl groups excluding tert-OH is 1. The first kappa shape index (κ1) is 33.7. The van der Waals surface area contributed by atoms with Gasteiger partial charge in [-0.25, -0.2) is 0 Å². The van der Waals surface area contributed by atoms with Gasteiger partial charge in [0, 0.05) is 25.3 Å². The van der Waals surface area contributed by atoms with Crippen molar-refractivity contribution < 1.29 is 29.0 Å². The molecule has 0 radical (unpaired) electrons. The van der Waals surface area contributed by atoms with E-state index >= 15 is 0 Å². The highest BCUT2D eigenvalue weighted by Gasteiger charge is 2.79. The highest BCUT2D eigenvalue weighted by molar-refractivity contribution is 6.03. The van der Waals surface area contributed by atoms with Crippen LogP contribution in [0.25, 0.3) is 0 Å². The van der Waals surface area contributed by atoms with Gasteiger partial charge in [-0.1, -0.05) is 45.8 Å². The molecule has 0 saturated carbocycles. The third kappa shape index (κ3) is 5.69. The largest absolute Gasteiger partial charge is 0.494 e. The van der Waals surface area contributed by atoms with Gasteiger partial charge in [-0.3, -0.25) is 14.4 Å². The summed E-state index contributed by atoms with van der Waals surface area (Å²) < 4.78 is 12.5. The smallest absolute Gasteiger partial charge is 0.248 e. The predicted molar refractivity (Wildman–Crippen MR) is 171 cm³/mol. The Bertz CT molecular complexity index is 1220. The maximum absolute atomic E-state index is 14.7. The minimum atomic E-state index is -1.17. The maximum atomic E-state index is 14.7. The van der Waals surface area contributed by atoms with E-state index in [1.54, 1.807) is 26.9 Å². The Morgan fingerprint density at radius 2 is 1.82 bits per heavy atom. The molecule has 1 aromatic rings. The van der Waals surface area contributed by atoms with E-state index in [1.807, 2.05) is 52.0 Å². The molecule has 9 nitrogen and oxygen atoms in total. The molecule has 0 aromatic heterocycles. The van der Waals surface area contributed by atoms with Gasteiger partial charge in [-0.2, -0.15) is 0 Å². The van der Waals surface area contributed by atoms with Crippen LogP contribution in [-0.4, -0.2) is 88.8 Å². The number of rotatable bonds is 16. The van der Waals surface area contributed by atoms with E-state index in [0.29, 0.717) is 50.4 Å². The monoisotopic (exact) mass is 609 g/mol. The first-order valence-electron chi connectivity index (χ1n) is 16.3. The lowest BCUT2D eigenvalue weighted by Crippen LogP contribution is -2.60. The number of hydrogen-bond donors (Lipinski definition) is 1. The fourth-order valence-electron chi connectivity index (χ4n) is 7.67. The normalized spacial score (nSPS) is 28.4. The van der Waals surface area contributed by atoms with Crippen LogP contribution in [0.2, 0.25) is 0 Å². The summed E-state index contributed by atoms with van der Waals surface area (Å²) >= 11 is 0. The van der Waals surface area contributed by atoms with Crippen LogP contribution in [-0.2, 0) is 19.1 Å².